The molecule has 6 nitrogen and oxygen atoms in total. The van der Waals surface area contributed by atoms with Crippen molar-refractivity contribution >= 4 is 11.9 Å². The molecule has 0 saturated carbocycles. The molecule has 0 aliphatic heterocycles. The fourth-order valence-corrected chi connectivity index (χ4v) is 9.69. The number of unbranched alkanes of at least 4 members (excludes halogenated alkanes) is 43. The van der Waals surface area contributed by atoms with Gasteiger partial charge in [-0.2, -0.15) is 0 Å². The number of carbonyl (C=O) groups excluding carboxylic acids is 2. The number of hydrogen-bond donors (Lipinski definition) is 3. The number of carbonyl (C=O) groups is 2. The number of allylic oxidation sites excluding steroid dienone is 4. The molecule has 0 heterocycles. The first-order chi connectivity index (χ1) is 34.0. The van der Waals surface area contributed by atoms with Crippen molar-refractivity contribution in [2.45, 2.75) is 353 Å². The van der Waals surface area contributed by atoms with E-state index in [1.807, 2.05) is 0 Å². The van der Waals surface area contributed by atoms with Crippen molar-refractivity contribution in [3.63, 3.8) is 0 Å². The molecule has 0 aliphatic carbocycles. The molecule has 0 bridgehead atoms. The molecule has 0 fully saturated rings. The minimum Gasteiger partial charge on any atom is -0.466 e. The normalized spacial score (nSPS) is 12.7. The van der Waals surface area contributed by atoms with Crippen LogP contribution in [0.2, 0.25) is 0 Å². The Morgan fingerprint density at radius 2 is 0.681 bits per heavy atom. The monoisotopic (exact) mass is 972 g/mol. The van der Waals surface area contributed by atoms with Gasteiger partial charge in [0.2, 0.25) is 5.91 Å². The second-order valence-corrected chi connectivity index (χ2v) is 21.4. The summed E-state index contributed by atoms with van der Waals surface area (Å²) in [6, 6.07) is -0.564. The van der Waals surface area contributed by atoms with E-state index in [4.69, 9.17) is 4.74 Å². The summed E-state index contributed by atoms with van der Waals surface area (Å²) in [5, 5.41) is 23.3. The zero-order chi connectivity index (χ0) is 50.0. The SMILES string of the molecule is CCCCCCCC/C=C\CCCCCCCCCCCC(=O)OCCCC/C=C\CCCCCCCC(=O)NC(CO)C(O)CCCCCCCCCCCCCCCCCCCCCCCC. The third kappa shape index (κ3) is 55.5. The molecule has 0 aromatic carbocycles. The van der Waals surface area contributed by atoms with Crippen LogP contribution in [0, 0.1) is 0 Å². The Bertz CT molecular complexity index is 1080. The van der Waals surface area contributed by atoms with Crippen molar-refractivity contribution in [1.82, 2.24) is 5.32 Å². The zero-order valence-corrected chi connectivity index (χ0v) is 46.6. The minimum atomic E-state index is -0.684. The van der Waals surface area contributed by atoms with Crippen molar-refractivity contribution in [2.75, 3.05) is 13.2 Å². The minimum absolute atomic E-state index is 0.0306. The maximum Gasteiger partial charge on any atom is 0.305 e. The summed E-state index contributed by atoms with van der Waals surface area (Å²) in [5.41, 5.74) is 0. The molecule has 2 atom stereocenters. The Morgan fingerprint density at radius 1 is 0.391 bits per heavy atom. The van der Waals surface area contributed by atoms with E-state index in [0.29, 0.717) is 25.9 Å². The van der Waals surface area contributed by atoms with Gasteiger partial charge in [0.1, 0.15) is 0 Å². The van der Waals surface area contributed by atoms with Gasteiger partial charge in [0.05, 0.1) is 25.4 Å². The fraction of sp³-hybridized carbons (Fsp3) is 0.905. The van der Waals surface area contributed by atoms with Gasteiger partial charge in [0.15, 0.2) is 0 Å². The van der Waals surface area contributed by atoms with Crippen LogP contribution < -0.4 is 5.32 Å². The number of amides is 1. The molecule has 0 aliphatic rings. The van der Waals surface area contributed by atoms with E-state index in [0.717, 1.165) is 83.5 Å². The fourth-order valence-electron chi connectivity index (χ4n) is 9.69. The largest absolute Gasteiger partial charge is 0.466 e. The Hall–Kier alpha value is -1.66. The Morgan fingerprint density at radius 3 is 1.03 bits per heavy atom. The lowest BCUT2D eigenvalue weighted by molar-refractivity contribution is -0.143. The van der Waals surface area contributed by atoms with E-state index in [2.05, 4.69) is 43.5 Å². The van der Waals surface area contributed by atoms with E-state index < -0.39 is 12.1 Å². The van der Waals surface area contributed by atoms with Crippen LogP contribution >= 0.6 is 0 Å². The molecule has 0 radical (unpaired) electrons. The molecule has 1 amide bonds. The number of rotatable bonds is 58. The first-order valence-corrected chi connectivity index (χ1v) is 31.1. The molecule has 2 unspecified atom stereocenters. The van der Waals surface area contributed by atoms with Crippen LogP contribution in [-0.4, -0.2) is 47.4 Å². The van der Waals surface area contributed by atoms with Crippen LogP contribution in [0.4, 0.5) is 0 Å². The number of hydrogen-bond acceptors (Lipinski definition) is 5. The molecular weight excluding hydrogens is 851 g/mol. The Kier molecular flexibility index (Phi) is 57.5. The summed E-state index contributed by atoms with van der Waals surface area (Å²) in [6.45, 7) is 4.90. The molecule has 0 aromatic heterocycles. The van der Waals surface area contributed by atoms with Crippen molar-refractivity contribution in [3.8, 4) is 0 Å². The van der Waals surface area contributed by atoms with E-state index in [9.17, 15) is 19.8 Å². The van der Waals surface area contributed by atoms with Gasteiger partial charge in [0.25, 0.3) is 0 Å². The van der Waals surface area contributed by atoms with Crippen LogP contribution in [0.15, 0.2) is 24.3 Å². The predicted molar refractivity (Wildman–Crippen MR) is 301 cm³/mol. The first kappa shape index (κ1) is 67.3. The standard InChI is InChI=1S/C63H121NO5/c1-3-5-7-9-11-13-15-17-19-21-23-24-25-27-28-30-32-35-39-43-47-51-55-61(66)60(59-65)64-62(67)56-52-48-44-40-36-34-38-42-46-50-54-58-69-63(68)57-53-49-45-41-37-33-31-29-26-22-20-18-16-14-12-10-8-6-4-2/h18,20,38,42,60-61,65-66H,3-17,19,21-37,39-41,43-59H2,1-2H3,(H,64,67)/b20-18-,42-38-. The van der Waals surface area contributed by atoms with Gasteiger partial charge in [-0.15, -0.1) is 0 Å². The highest BCUT2D eigenvalue weighted by Crippen LogP contribution is 2.18. The lowest BCUT2D eigenvalue weighted by Crippen LogP contribution is -2.45. The maximum atomic E-state index is 12.5. The van der Waals surface area contributed by atoms with Gasteiger partial charge in [-0.05, 0) is 77.0 Å². The average Bonchev–Trinajstić information content (AvgIpc) is 3.35. The molecule has 3 N–H and O–H groups in total. The molecule has 0 aromatic rings. The summed E-state index contributed by atoms with van der Waals surface area (Å²) in [5.74, 6) is -0.0912. The summed E-state index contributed by atoms with van der Waals surface area (Å²) in [4.78, 5) is 24.6. The Labute approximate surface area is 431 Å². The van der Waals surface area contributed by atoms with Crippen molar-refractivity contribution in [2.24, 2.45) is 0 Å². The smallest absolute Gasteiger partial charge is 0.305 e. The molecule has 0 rings (SSSR count). The lowest BCUT2D eigenvalue weighted by atomic mass is 10.0. The van der Waals surface area contributed by atoms with E-state index >= 15 is 0 Å². The van der Waals surface area contributed by atoms with Crippen molar-refractivity contribution in [3.05, 3.63) is 24.3 Å². The number of nitrogens with one attached hydrogen (secondary N) is 1. The Balaban J connectivity index is 3.48. The second-order valence-electron chi connectivity index (χ2n) is 21.4. The third-order valence-electron chi connectivity index (χ3n) is 14.5. The quantitative estimate of drug-likeness (QED) is 0.0321. The molecule has 408 valence electrons. The number of aliphatic hydroxyl groups is 2. The molecular formula is C63H121NO5. The summed E-state index contributed by atoms with van der Waals surface area (Å²) in [7, 11) is 0. The van der Waals surface area contributed by atoms with Gasteiger partial charge >= 0.3 is 5.97 Å². The van der Waals surface area contributed by atoms with Gasteiger partial charge in [0, 0.05) is 12.8 Å². The van der Waals surface area contributed by atoms with E-state index in [1.54, 1.807) is 0 Å². The molecule has 6 heteroatoms. The van der Waals surface area contributed by atoms with E-state index in [1.165, 1.54) is 225 Å². The van der Waals surface area contributed by atoms with Gasteiger partial charge in [-0.25, -0.2) is 0 Å². The van der Waals surface area contributed by atoms with Crippen LogP contribution in [0.3, 0.4) is 0 Å². The average molecular weight is 973 g/mol. The highest BCUT2D eigenvalue weighted by atomic mass is 16.5. The van der Waals surface area contributed by atoms with Gasteiger partial charge in [-0.3, -0.25) is 9.59 Å². The summed E-state index contributed by atoms with van der Waals surface area (Å²) in [6.07, 6.45) is 71.8. The topological polar surface area (TPSA) is 95.9 Å². The van der Waals surface area contributed by atoms with Gasteiger partial charge < -0.3 is 20.3 Å². The number of esters is 1. The second kappa shape index (κ2) is 58.9. The maximum absolute atomic E-state index is 12.5. The molecule has 0 saturated heterocycles. The molecule has 0 spiro atoms. The van der Waals surface area contributed by atoms with E-state index in [-0.39, 0.29) is 18.5 Å². The van der Waals surface area contributed by atoms with Crippen LogP contribution in [0.5, 0.6) is 0 Å². The number of aliphatic hydroxyl groups excluding tert-OH is 2. The highest BCUT2D eigenvalue weighted by molar-refractivity contribution is 5.76. The summed E-state index contributed by atoms with van der Waals surface area (Å²) >= 11 is 0. The number of ether oxygens (including phenoxy) is 1. The molecule has 69 heavy (non-hydrogen) atoms. The van der Waals surface area contributed by atoms with Crippen molar-refractivity contribution in [1.29, 1.82) is 0 Å². The predicted octanol–water partition coefficient (Wildman–Crippen LogP) is 19.4. The van der Waals surface area contributed by atoms with Gasteiger partial charge in [-0.1, -0.05) is 276 Å². The van der Waals surface area contributed by atoms with Crippen LogP contribution in [0.1, 0.15) is 341 Å². The van der Waals surface area contributed by atoms with Crippen LogP contribution in [-0.2, 0) is 14.3 Å². The first-order valence-electron chi connectivity index (χ1n) is 31.1. The summed E-state index contributed by atoms with van der Waals surface area (Å²) < 4.78 is 5.46. The zero-order valence-electron chi connectivity index (χ0n) is 46.6. The third-order valence-corrected chi connectivity index (χ3v) is 14.5. The van der Waals surface area contributed by atoms with Crippen molar-refractivity contribution < 1.29 is 24.5 Å². The van der Waals surface area contributed by atoms with Crippen LogP contribution in [0.25, 0.3) is 0 Å². The highest BCUT2D eigenvalue weighted by Gasteiger charge is 2.20. The lowest BCUT2D eigenvalue weighted by Gasteiger charge is -2.22.